The molecule has 1 aliphatic heterocycles. The molecule has 1 fully saturated rings. The van der Waals surface area contributed by atoms with E-state index in [0.29, 0.717) is 17.4 Å². The van der Waals surface area contributed by atoms with Gasteiger partial charge in [-0.25, -0.2) is 14.1 Å². The molecule has 0 amide bonds. The molecule has 176 valence electrons. The van der Waals surface area contributed by atoms with E-state index in [9.17, 15) is 4.39 Å². The molecule has 0 radical (unpaired) electrons. The van der Waals surface area contributed by atoms with Gasteiger partial charge in [-0.05, 0) is 38.5 Å². The lowest BCUT2D eigenvalue weighted by atomic mass is 10.1. The van der Waals surface area contributed by atoms with Crippen molar-refractivity contribution in [1.29, 1.82) is 0 Å². The van der Waals surface area contributed by atoms with Crippen LogP contribution in [0.1, 0.15) is 26.3 Å². The van der Waals surface area contributed by atoms with Gasteiger partial charge in [-0.3, -0.25) is 4.90 Å². The summed E-state index contributed by atoms with van der Waals surface area (Å²) in [5.41, 5.74) is 9.82. The van der Waals surface area contributed by atoms with Crippen LogP contribution in [0.5, 0.6) is 0 Å². The third-order valence-corrected chi connectivity index (χ3v) is 6.21. The Morgan fingerprint density at radius 1 is 0.912 bits per heavy atom. The Labute approximate surface area is 199 Å². The second-order valence-corrected chi connectivity index (χ2v) is 9.79. The van der Waals surface area contributed by atoms with Gasteiger partial charge in [0.05, 0.1) is 16.6 Å². The van der Waals surface area contributed by atoms with E-state index >= 15 is 0 Å². The van der Waals surface area contributed by atoms with Crippen LogP contribution in [-0.4, -0.2) is 50.8 Å². The van der Waals surface area contributed by atoms with Gasteiger partial charge in [0.1, 0.15) is 11.6 Å². The van der Waals surface area contributed by atoms with Crippen LogP contribution in [0.3, 0.4) is 0 Å². The van der Waals surface area contributed by atoms with E-state index in [1.54, 1.807) is 0 Å². The smallest absolute Gasteiger partial charge is 0.228 e. The summed E-state index contributed by atoms with van der Waals surface area (Å²) in [6.07, 6.45) is 0. The molecule has 2 aromatic carbocycles. The number of nitrogen functional groups attached to an aromatic ring is 1. The maximum absolute atomic E-state index is 13.2. The van der Waals surface area contributed by atoms with Crippen LogP contribution in [-0.2, 0) is 12.1 Å². The van der Waals surface area contributed by atoms with Gasteiger partial charge in [0, 0.05) is 38.3 Å². The Hall–Kier alpha value is -3.52. The zero-order valence-electron chi connectivity index (χ0n) is 19.9. The van der Waals surface area contributed by atoms with Gasteiger partial charge in [0.25, 0.3) is 0 Å². The lowest BCUT2D eigenvalue weighted by molar-refractivity contribution is 0.248. The van der Waals surface area contributed by atoms with Crippen molar-refractivity contribution in [2.45, 2.75) is 32.9 Å². The van der Waals surface area contributed by atoms with Crippen molar-refractivity contribution in [2.75, 3.05) is 36.8 Å². The van der Waals surface area contributed by atoms with Gasteiger partial charge in [-0.2, -0.15) is 4.98 Å². The Bertz CT molecular complexity index is 1280. The predicted molar refractivity (Wildman–Crippen MR) is 134 cm³/mol. The number of nitrogens with zero attached hydrogens (tertiary/aromatic N) is 6. The van der Waals surface area contributed by atoms with E-state index in [-0.39, 0.29) is 11.4 Å². The molecule has 0 aliphatic carbocycles. The zero-order chi connectivity index (χ0) is 23.9. The first-order valence-corrected chi connectivity index (χ1v) is 11.6. The summed E-state index contributed by atoms with van der Waals surface area (Å²) in [5.74, 6) is 1.05. The summed E-state index contributed by atoms with van der Waals surface area (Å²) in [4.78, 5) is 14.4. The maximum atomic E-state index is 13.2. The molecule has 34 heavy (non-hydrogen) atoms. The minimum absolute atomic E-state index is 0.204. The number of hydrogen-bond acceptors (Lipinski definition) is 6. The third kappa shape index (κ3) is 4.33. The summed E-state index contributed by atoms with van der Waals surface area (Å²) < 4.78 is 15.1. The number of benzene rings is 2. The van der Waals surface area contributed by atoms with E-state index in [4.69, 9.17) is 20.8 Å². The SMILES string of the molecule is CC(C)(C)n1nc2nc(N3CCN(Cc4ccc(F)cc4)CC3)nc(-c3ccccc3)c2c1N. The fraction of sp³-hybridized carbons (Fsp3) is 0.346. The highest BCUT2D eigenvalue weighted by atomic mass is 19.1. The molecule has 5 rings (SSSR count). The number of rotatable bonds is 4. The number of aromatic nitrogens is 4. The summed E-state index contributed by atoms with van der Waals surface area (Å²) in [7, 11) is 0. The van der Waals surface area contributed by atoms with Crippen molar-refractivity contribution in [2.24, 2.45) is 0 Å². The number of hydrogen-bond donors (Lipinski definition) is 1. The monoisotopic (exact) mass is 459 g/mol. The fourth-order valence-electron chi connectivity index (χ4n) is 4.41. The third-order valence-electron chi connectivity index (χ3n) is 6.21. The largest absolute Gasteiger partial charge is 0.383 e. The van der Waals surface area contributed by atoms with Crippen LogP contribution < -0.4 is 10.6 Å². The van der Waals surface area contributed by atoms with Crippen molar-refractivity contribution in [1.82, 2.24) is 24.6 Å². The van der Waals surface area contributed by atoms with E-state index in [0.717, 1.165) is 54.9 Å². The van der Waals surface area contributed by atoms with Gasteiger partial charge >= 0.3 is 0 Å². The van der Waals surface area contributed by atoms with Crippen LogP contribution in [0, 0.1) is 5.82 Å². The molecule has 0 bridgehead atoms. The first kappa shape index (κ1) is 22.3. The van der Waals surface area contributed by atoms with Crippen LogP contribution in [0.15, 0.2) is 54.6 Å². The summed E-state index contributed by atoms with van der Waals surface area (Å²) in [6, 6.07) is 16.8. The zero-order valence-corrected chi connectivity index (χ0v) is 19.9. The van der Waals surface area contributed by atoms with Crippen molar-refractivity contribution in [3.63, 3.8) is 0 Å². The minimum Gasteiger partial charge on any atom is -0.383 e. The van der Waals surface area contributed by atoms with Gasteiger partial charge < -0.3 is 10.6 Å². The lowest BCUT2D eigenvalue weighted by Gasteiger charge is -2.34. The van der Waals surface area contributed by atoms with E-state index in [1.165, 1.54) is 12.1 Å². The molecule has 8 heteroatoms. The standard InChI is InChI=1S/C26H30FN7/c1-26(2,3)34-23(28)21-22(19-7-5-4-6-8-19)29-25(30-24(21)31-34)33-15-13-32(14-16-33)17-18-9-11-20(27)12-10-18/h4-12H,13-17,28H2,1-3H3. The highest BCUT2D eigenvalue weighted by Gasteiger charge is 2.26. The topological polar surface area (TPSA) is 76.1 Å². The Morgan fingerprint density at radius 2 is 1.59 bits per heavy atom. The molecule has 0 unspecified atom stereocenters. The van der Waals surface area contributed by atoms with Gasteiger partial charge in [-0.1, -0.05) is 42.5 Å². The molecule has 2 aromatic heterocycles. The Balaban J connectivity index is 1.45. The highest BCUT2D eigenvalue weighted by molar-refractivity contribution is 5.99. The number of anilines is 2. The average Bonchev–Trinajstić information content (AvgIpc) is 3.18. The summed E-state index contributed by atoms with van der Waals surface area (Å²) in [6.45, 7) is 10.4. The molecule has 0 spiro atoms. The molecular formula is C26H30FN7. The van der Waals surface area contributed by atoms with Crippen LogP contribution in [0.25, 0.3) is 22.3 Å². The van der Waals surface area contributed by atoms with E-state index in [1.807, 2.05) is 47.1 Å². The fourth-order valence-corrected chi connectivity index (χ4v) is 4.41. The molecule has 0 atom stereocenters. The highest BCUT2D eigenvalue weighted by Crippen LogP contribution is 2.34. The van der Waals surface area contributed by atoms with E-state index < -0.39 is 0 Å². The molecule has 0 saturated carbocycles. The van der Waals surface area contributed by atoms with Crippen LogP contribution in [0.4, 0.5) is 16.2 Å². The van der Waals surface area contributed by atoms with E-state index in [2.05, 4.69) is 30.6 Å². The van der Waals surface area contributed by atoms with Gasteiger partial charge in [-0.15, -0.1) is 5.10 Å². The molecule has 1 aliphatic rings. The average molecular weight is 460 g/mol. The first-order chi connectivity index (χ1) is 16.3. The second-order valence-electron chi connectivity index (χ2n) is 9.79. The van der Waals surface area contributed by atoms with Crippen molar-refractivity contribution in [3.05, 3.63) is 66.0 Å². The summed E-state index contributed by atoms with van der Waals surface area (Å²) in [5, 5.41) is 5.57. The van der Waals surface area contributed by atoms with Gasteiger partial charge in [0.15, 0.2) is 5.65 Å². The van der Waals surface area contributed by atoms with Crippen molar-refractivity contribution < 1.29 is 4.39 Å². The number of nitrogens with two attached hydrogens (primary N) is 1. The molecule has 7 nitrogen and oxygen atoms in total. The molecular weight excluding hydrogens is 429 g/mol. The molecule has 2 N–H and O–H groups in total. The second kappa shape index (κ2) is 8.68. The maximum Gasteiger partial charge on any atom is 0.228 e. The van der Waals surface area contributed by atoms with Crippen molar-refractivity contribution in [3.8, 4) is 11.3 Å². The number of halogens is 1. The van der Waals surface area contributed by atoms with Crippen LogP contribution in [0.2, 0.25) is 0 Å². The summed E-state index contributed by atoms with van der Waals surface area (Å²) >= 11 is 0. The molecule has 4 aromatic rings. The quantitative estimate of drug-likeness (QED) is 0.491. The predicted octanol–water partition coefficient (Wildman–Crippen LogP) is 4.29. The number of piperazine rings is 1. The molecule has 1 saturated heterocycles. The van der Waals surface area contributed by atoms with Crippen LogP contribution >= 0.6 is 0 Å². The number of fused-ring (bicyclic) bond motifs is 1. The molecule has 3 heterocycles. The Kier molecular flexibility index (Phi) is 5.69. The Morgan fingerprint density at radius 3 is 2.24 bits per heavy atom. The lowest BCUT2D eigenvalue weighted by Crippen LogP contribution is -2.46. The van der Waals surface area contributed by atoms with Crippen molar-refractivity contribution >= 4 is 22.8 Å². The van der Waals surface area contributed by atoms with Gasteiger partial charge in [0.2, 0.25) is 5.95 Å². The normalized spacial score (nSPS) is 15.2. The minimum atomic E-state index is -0.273. The first-order valence-electron chi connectivity index (χ1n) is 11.6.